The Bertz CT molecular complexity index is 421. The van der Waals surface area contributed by atoms with Crippen molar-refractivity contribution in [1.29, 1.82) is 0 Å². The Labute approximate surface area is 128 Å². The van der Waals surface area contributed by atoms with Crippen LogP contribution in [0.25, 0.3) is 0 Å². The predicted octanol–water partition coefficient (Wildman–Crippen LogP) is 3.09. The highest BCUT2D eigenvalue weighted by atomic mass is 35.5. The molecule has 0 aromatic heterocycles. The fourth-order valence-electron chi connectivity index (χ4n) is 2.23. The molecule has 114 valence electrons. The molecule has 0 saturated carbocycles. The van der Waals surface area contributed by atoms with Crippen LogP contribution in [0.5, 0.6) is 0 Å². The van der Waals surface area contributed by atoms with E-state index in [-0.39, 0.29) is 30.3 Å². The van der Waals surface area contributed by atoms with Gasteiger partial charge >= 0.3 is 0 Å². The molecule has 20 heavy (non-hydrogen) atoms. The van der Waals surface area contributed by atoms with Gasteiger partial charge in [0.05, 0.1) is 6.04 Å². The molecule has 2 N–H and O–H groups in total. The molecule has 1 aromatic rings. The number of benzene rings is 1. The lowest BCUT2D eigenvalue weighted by Crippen LogP contribution is -2.38. The summed E-state index contributed by atoms with van der Waals surface area (Å²) in [6.07, 6.45) is 0. The molecule has 1 amide bonds. The molecule has 0 spiro atoms. The summed E-state index contributed by atoms with van der Waals surface area (Å²) in [5, 5.41) is 6.22. The van der Waals surface area contributed by atoms with Crippen LogP contribution in [0.4, 0.5) is 0 Å². The van der Waals surface area contributed by atoms with E-state index in [0.29, 0.717) is 12.5 Å². The van der Waals surface area contributed by atoms with Crippen molar-refractivity contribution in [2.45, 2.75) is 33.7 Å². The second-order valence-electron chi connectivity index (χ2n) is 5.55. The number of amides is 1. The van der Waals surface area contributed by atoms with Gasteiger partial charge in [0.1, 0.15) is 0 Å². The number of carbonyl (C=O) groups excluding carboxylic acids is 1. The maximum Gasteiger partial charge on any atom is 0.224 e. The Kier molecular flexibility index (Phi) is 8.51. The van der Waals surface area contributed by atoms with Crippen molar-refractivity contribution in [3.8, 4) is 0 Å². The average molecular weight is 299 g/mol. The van der Waals surface area contributed by atoms with Crippen molar-refractivity contribution < 1.29 is 4.79 Å². The van der Waals surface area contributed by atoms with Crippen LogP contribution in [0, 0.1) is 18.8 Å². The average Bonchev–Trinajstić information content (AvgIpc) is 2.36. The third-order valence-corrected chi connectivity index (χ3v) is 3.45. The summed E-state index contributed by atoms with van der Waals surface area (Å²) in [5.41, 5.74) is 2.44. The molecule has 0 fully saturated rings. The van der Waals surface area contributed by atoms with Crippen LogP contribution in [0.3, 0.4) is 0 Å². The minimum absolute atomic E-state index is 0. The van der Waals surface area contributed by atoms with E-state index < -0.39 is 0 Å². The second kappa shape index (κ2) is 8.98. The van der Waals surface area contributed by atoms with E-state index in [1.807, 2.05) is 26.1 Å². The van der Waals surface area contributed by atoms with Gasteiger partial charge in [0.25, 0.3) is 0 Å². The highest BCUT2D eigenvalue weighted by molar-refractivity contribution is 5.85. The van der Waals surface area contributed by atoms with Crippen LogP contribution < -0.4 is 10.6 Å². The Morgan fingerprint density at radius 2 is 1.80 bits per heavy atom. The lowest BCUT2D eigenvalue weighted by molar-refractivity contribution is -0.125. The Morgan fingerprint density at radius 1 is 1.20 bits per heavy atom. The van der Waals surface area contributed by atoms with E-state index in [9.17, 15) is 4.79 Å². The summed E-state index contributed by atoms with van der Waals surface area (Å²) in [7, 11) is 1.87. The van der Waals surface area contributed by atoms with E-state index in [0.717, 1.165) is 0 Å². The molecule has 0 bridgehead atoms. The molecular formula is C16H27ClN2O. The Hall–Kier alpha value is -1.06. The third-order valence-electron chi connectivity index (χ3n) is 3.45. The van der Waals surface area contributed by atoms with Crippen molar-refractivity contribution >= 4 is 18.3 Å². The van der Waals surface area contributed by atoms with E-state index in [1.165, 1.54) is 11.1 Å². The molecule has 4 heteroatoms. The van der Waals surface area contributed by atoms with E-state index in [1.54, 1.807) is 0 Å². The van der Waals surface area contributed by atoms with Gasteiger partial charge in [-0.25, -0.2) is 0 Å². The summed E-state index contributed by atoms with van der Waals surface area (Å²) < 4.78 is 0. The van der Waals surface area contributed by atoms with Crippen LogP contribution in [0.2, 0.25) is 0 Å². The number of halogens is 1. The van der Waals surface area contributed by atoms with Crippen LogP contribution >= 0.6 is 12.4 Å². The molecule has 0 heterocycles. The standard InChI is InChI=1S/C16H26N2O.ClH/c1-11(2)15(14-9-7-6-8-12(14)3)18-16(19)13(4)10-17-5;/h6-9,11,13,15,17H,10H2,1-5H3,(H,18,19);1H. The molecule has 3 nitrogen and oxygen atoms in total. The molecular weight excluding hydrogens is 272 g/mol. The van der Waals surface area contributed by atoms with Crippen molar-refractivity contribution in [2.75, 3.05) is 13.6 Å². The Balaban J connectivity index is 0.00000361. The molecule has 0 aliphatic rings. The van der Waals surface area contributed by atoms with Crippen molar-refractivity contribution in [1.82, 2.24) is 10.6 Å². The van der Waals surface area contributed by atoms with E-state index in [4.69, 9.17) is 0 Å². The van der Waals surface area contributed by atoms with Gasteiger partial charge in [-0.2, -0.15) is 0 Å². The maximum atomic E-state index is 12.2. The van der Waals surface area contributed by atoms with E-state index in [2.05, 4.69) is 43.5 Å². The lowest BCUT2D eigenvalue weighted by Gasteiger charge is -2.26. The zero-order valence-electron chi connectivity index (χ0n) is 13.1. The molecule has 0 saturated heterocycles. The second-order valence-corrected chi connectivity index (χ2v) is 5.55. The van der Waals surface area contributed by atoms with Gasteiger partial charge in [-0.3, -0.25) is 4.79 Å². The smallest absolute Gasteiger partial charge is 0.224 e. The largest absolute Gasteiger partial charge is 0.349 e. The normalized spacial score (nSPS) is 13.5. The Morgan fingerprint density at radius 3 is 2.30 bits per heavy atom. The monoisotopic (exact) mass is 298 g/mol. The van der Waals surface area contributed by atoms with E-state index >= 15 is 0 Å². The zero-order chi connectivity index (χ0) is 14.4. The third kappa shape index (κ3) is 5.14. The minimum Gasteiger partial charge on any atom is -0.349 e. The topological polar surface area (TPSA) is 41.1 Å². The van der Waals surface area contributed by atoms with Gasteiger partial charge in [0.15, 0.2) is 0 Å². The van der Waals surface area contributed by atoms with Crippen LogP contribution in [0.1, 0.15) is 37.9 Å². The van der Waals surface area contributed by atoms with Crippen LogP contribution in [0.15, 0.2) is 24.3 Å². The van der Waals surface area contributed by atoms with Gasteiger partial charge < -0.3 is 10.6 Å². The molecule has 0 radical (unpaired) electrons. The number of hydrogen-bond donors (Lipinski definition) is 2. The molecule has 1 aromatic carbocycles. The number of carbonyl (C=O) groups is 1. The van der Waals surface area contributed by atoms with Crippen molar-refractivity contribution in [3.63, 3.8) is 0 Å². The van der Waals surface area contributed by atoms with Gasteiger partial charge in [-0.15, -0.1) is 12.4 Å². The fourth-order valence-corrected chi connectivity index (χ4v) is 2.23. The van der Waals surface area contributed by atoms with Gasteiger partial charge in [0, 0.05) is 12.5 Å². The summed E-state index contributed by atoms with van der Waals surface area (Å²) in [6, 6.07) is 8.33. The summed E-state index contributed by atoms with van der Waals surface area (Å²) >= 11 is 0. The van der Waals surface area contributed by atoms with Crippen LogP contribution in [-0.2, 0) is 4.79 Å². The van der Waals surface area contributed by atoms with Crippen LogP contribution in [-0.4, -0.2) is 19.5 Å². The first-order valence-corrected chi connectivity index (χ1v) is 6.97. The minimum atomic E-state index is -0.0183. The summed E-state index contributed by atoms with van der Waals surface area (Å²) in [4.78, 5) is 12.2. The fraction of sp³-hybridized carbons (Fsp3) is 0.562. The zero-order valence-corrected chi connectivity index (χ0v) is 13.9. The number of hydrogen-bond acceptors (Lipinski definition) is 2. The van der Waals surface area contributed by atoms with Gasteiger partial charge in [0.2, 0.25) is 5.91 Å². The molecule has 0 aliphatic carbocycles. The highest BCUT2D eigenvalue weighted by Crippen LogP contribution is 2.24. The SMILES string of the molecule is CNCC(C)C(=O)NC(c1ccccc1C)C(C)C.Cl. The lowest BCUT2D eigenvalue weighted by atomic mass is 9.92. The summed E-state index contributed by atoms with van der Waals surface area (Å²) in [6.45, 7) is 9.01. The number of rotatable bonds is 6. The summed E-state index contributed by atoms with van der Waals surface area (Å²) in [5.74, 6) is 0.457. The molecule has 2 atom stereocenters. The quantitative estimate of drug-likeness (QED) is 0.847. The molecule has 1 rings (SSSR count). The number of nitrogens with one attached hydrogen (secondary N) is 2. The highest BCUT2D eigenvalue weighted by Gasteiger charge is 2.22. The number of aryl methyl sites for hydroxylation is 1. The van der Waals surface area contributed by atoms with Crippen molar-refractivity contribution in [3.05, 3.63) is 35.4 Å². The molecule has 0 aliphatic heterocycles. The maximum absolute atomic E-state index is 12.2. The molecule has 2 unspecified atom stereocenters. The van der Waals surface area contributed by atoms with Crippen molar-refractivity contribution in [2.24, 2.45) is 11.8 Å². The van der Waals surface area contributed by atoms with Gasteiger partial charge in [-0.1, -0.05) is 45.0 Å². The first-order valence-electron chi connectivity index (χ1n) is 6.97. The predicted molar refractivity (Wildman–Crippen MR) is 87.2 cm³/mol. The first kappa shape index (κ1) is 18.9. The van der Waals surface area contributed by atoms with Gasteiger partial charge in [-0.05, 0) is 31.0 Å². The first-order chi connectivity index (χ1) is 8.97.